The average Bonchev–Trinajstić information content (AvgIpc) is 3.21. The van der Waals surface area contributed by atoms with Gasteiger partial charge in [-0.1, -0.05) is 42.5 Å². The zero-order chi connectivity index (χ0) is 22.0. The van der Waals surface area contributed by atoms with Crippen molar-refractivity contribution in [1.82, 2.24) is 4.90 Å². The van der Waals surface area contributed by atoms with Gasteiger partial charge in [0.05, 0.1) is 19.8 Å². The molecule has 1 aliphatic rings. The fourth-order valence-corrected chi connectivity index (χ4v) is 4.84. The molecule has 3 aromatic carbocycles. The van der Waals surface area contributed by atoms with Crippen LogP contribution >= 0.6 is 0 Å². The first-order valence-electron chi connectivity index (χ1n) is 10.7. The molecular formula is C26H29NO4. The third kappa shape index (κ3) is 3.98. The summed E-state index contributed by atoms with van der Waals surface area (Å²) in [5, 5.41) is 11.3. The van der Waals surface area contributed by atoms with Crippen molar-refractivity contribution in [2.45, 2.75) is 31.7 Å². The number of rotatable bonds is 7. The highest BCUT2D eigenvalue weighted by Gasteiger charge is 2.28. The summed E-state index contributed by atoms with van der Waals surface area (Å²) in [5.41, 5.74) is 4.19. The van der Waals surface area contributed by atoms with E-state index in [2.05, 4.69) is 36.2 Å². The number of carboxylic acid groups (broad SMARTS) is 1. The maximum atomic E-state index is 11.1. The van der Waals surface area contributed by atoms with Crippen LogP contribution in [0.25, 0.3) is 21.9 Å². The van der Waals surface area contributed by atoms with Crippen molar-refractivity contribution in [3.05, 3.63) is 59.7 Å². The number of ether oxygens (including phenoxy) is 2. The second kappa shape index (κ2) is 8.98. The van der Waals surface area contributed by atoms with E-state index in [0.717, 1.165) is 51.9 Å². The third-order valence-electron chi connectivity index (χ3n) is 6.34. The minimum atomic E-state index is -0.787. The summed E-state index contributed by atoms with van der Waals surface area (Å²) >= 11 is 0. The molecule has 0 spiro atoms. The van der Waals surface area contributed by atoms with Crippen LogP contribution in [0.1, 0.15) is 36.4 Å². The molecule has 1 unspecified atom stereocenters. The van der Waals surface area contributed by atoms with Crippen molar-refractivity contribution >= 4 is 16.7 Å². The summed E-state index contributed by atoms with van der Waals surface area (Å²) in [6, 6.07) is 16.7. The number of fused-ring (bicyclic) bond motifs is 1. The van der Waals surface area contributed by atoms with Gasteiger partial charge in [-0.05, 0) is 60.8 Å². The lowest BCUT2D eigenvalue weighted by Gasteiger charge is -2.25. The summed E-state index contributed by atoms with van der Waals surface area (Å²) < 4.78 is 11.8. The van der Waals surface area contributed by atoms with E-state index < -0.39 is 5.97 Å². The SMILES string of the molecule is COc1ccc(C2CCCN2C)c(OC)c1-c1cccc2c(CCC(=O)O)cccc12. The van der Waals surface area contributed by atoms with Crippen molar-refractivity contribution < 1.29 is 19.4 Å². The summed E-state index contributed by atoms with van der Waals surface area (Å²) in [6.07, 6.45) is 2.89. The molecule has 1 aliphatic heterocycles. The third-order valence-corrected chi connectivity index (χ3v) is 6.34. The van der Waals surface area contributed by atoms with Gasteiger partial charge in [-0.25, -0.2) is 0 Å². The number of likely N-dealkylation sites (tertiary alicyclic amines) is 1. The van der Waals surface area contributed by atoms with Crippen molar-refractivity contribution in [2.24, 2.45) is 0 Å². The van der Waals surface area contributed by atoms with E-state index in [1.165, 1.54) is 12.0 Å². The van der Waals surface area contributed by atoms with Crippen LogP contribution in [0.15, 0.2) is 48.5 Å². The number of carbonyl (C=O) groups is 1. The van der Waals surface area contributed by atoms with Gasteiger partial charge in [-0.3, -0.25) is 9.69 Å². The van der Waals surface area contributed by atoms with Crippen molar-refractivity contribution in [3.63, 3.8) is 0 Å². The van der Waals surface area contributed by atoms with Crippen molar-refractivity contribution in [1.29, 1.82) is 0 Å². The molecule has 5 nitrogen and oxygen atoms in total. The second-order valence-corrected chi connectivity index (χ2v) is 8.12. The Balaban J connectivity index is 1.93. The minimum Gasteiger partial charge on any atom is -0.496 e. The summed E-state index contributed by atoms with van der Waals surface area (Å²) in [5.74, 6) is 0.830. The lowest BCUT2D eigenvalue weighted by Crippen LogP contribution is -2.18. The van der Waals surface area contributed by atoms with E-state index in [0.29, 0.717) is 12.5 Å². The maximum Gasteiger partial charge on any atom is 0.303 e. The second-order valence-electron chi connectivity index (χ2n) is 8.12. The van der Waals surface area contributed by atoms with Crippen LogP contribution in [0.5, 0.6) is 11.5 Å². The zero-order valence-corrected chi connectivity index (χ0v) is 18.4. The molecule has 0 radical (unpaired) electrons. The van der Waals surface area contributed by atoms with Gasteiger partial charge in [0.1, 0.15) is 11.5 Å². The van der Waals surface area contributed by atoms with Gasteiger partial charge in [0, 0.05) is 18.0 Å². The summed E-state index contributed by atoms with van der Waals surface area (Å²) in [7, 11) is 5.57. The molecule has 1 heterocycles. The Hall–Kier alpha value is -3.05. The topological polar surface area (TPSA) is 59.0 Å². The Labute approximate surface area is 183 Å². The first-order valence-corrected chi connectivity index (χ1v) is 10.7. The molecule has 0 bridgehead atoms. The van der Waals surface area contributed by atoms with Gasteiger partial charge in [-0.15, -0.1) is 0 Å². The van der Waals surface area contributed by atoms with Crippen LogP contribution in [0.3, 0.4) is 0 Å². The quantitative estimate of drug-likeness (QED) is 0.563. The molecule has 0 aliphatic carbocycles. The molecule has 31 heavy (non-hydrogen) atoms. The lowest BCUT2D eigenvalue weighted by molar-refractivity contribution is -0.136. The fraction of sp³-hybridized carbons (Fsp3) is 0.346. The van der Waals surface area contributed by atoms with E-state index in [9.17, 15) is 4.79 Å². The molecule has 0 aromatic heterocycles. The Morgan fingerprint density at radius 3 is 2.52 bits per heavy atom. The number of benzene rings is 3. The maximum absolute atomic E-state index is 11.1. The van der Waals surface area contributed by atoms with Crippen LogP contribution in [0.2, 0.25) is 0 Å². The number of hydrogen-bond donors (Lipinski definition) is 1. The number of nitrogens with zero attached hydrogens (tertiary/aromatic N) is 1. The smallest absolute Gasteiger partial charge is 0.303 e. The Morgan fingerprint density at radius 1 is 1.06 bits per heavy atom. The highest BCUT2D eigenvalue weighted by molar-refractivity contribution is 6.01. The highest BCUT2D eigenvalue weighted by Crippen LogP contribution is 2.47. The largest absolute Gasteiger partial charge is 0.496 e. The minimum absolute atomic E-state index is 0.111. The number of aryl methyl sites for hydroxylation is 1. The monoisotopic (exact) mass is 419 g/mol. The molecular weight excluding hydrogens is 390 g/mol. The molecule has 0 amide bonds. The fourth-order valence-electron chi connectivity index (χ4n) is 4.84. The normalized spacial score (nSPS) is 16.5. The Bertz CT molecular complexity index is 1110. The molecule has 3 aromatic rings. The highest BCUT2D eigenvalue weighted by atomic mass is 16.5. The molecule has 4 rings (SSSR count). The van der Waals surface area contributed by atoms with Gasteiger partial charge < -0.3 is 14.6 Å². The predicted molar refractivity (Wildman–Crippen MR) is 123 cm³/mol. The molecule has 162 valence electrons. The van der Waals surface area contributed by atoms with E-state index in [4.69, 9.17) is 14.6 Å². The number of carboxylic acids is 1. The van der Waals surface area contributed by atoms with Gasteiger partial charge >= 0.3 is 5.97 Å². The van der Waals surface area contributed by atoms with E-state index in [1.807, 2.05) is 24.3 Å². The van der Waals surface area contributed by atoms with Gasteiger partial charge in [-0.2, -0.15) is 0 Å². The molecule has 1 atom stereocenters. The first-order chi connectivity index (χ1) is 15.0. The Kier molecular flexibility index (Phi) is 6.14. The number of aliphatic carboxylic acids is 1. The van der Waals surface area contributed by atoms with E-state index >= 15 is 0 Å². The summed E-state index contributed by atoms with van der Waals surface area (Å²) in [6.45, 7) is 1.08. The lowest BCUT2D eigenvalue weighted by atomic mass is 9.90. The summed E-state index contributed by atoms with van der Waals surface area (Å²) in [4.78, 5) is 13.5. The Morgan fingerprint density at radius 2 is 1.84 bits per heavy atom. The van der Waals surface area contributed by atoms with E-state index in [1.54, 1.807) is 14.2 Å². The molecule has 5 heteroatoms. The molecule has 1 saturated heterocycles. The van der Waals surface area contributed by atoms with Crippen LogP contribution in [-0.4, -0.2) is 43.8 Å². The van der Waals surface area contributed by atoms with Crippen LogP contribution in [0.4, 0.5) is 0 Å². The number of methoxy groups -OCH3 is 2. The molecule has 0 saturated carbocycles. The predicted octanol–water partition coefficient (Wildman–Crippen LogP) is 5.31. The van der Waals surface area contributed by atoms with Gasteiger partial charge in [0.25, 0.3) is 0 Å². The number of hydrogen-bond acceptors (Lipinski definition) is 4. The van der Waals surface area contributed by atoms with Crippen LogP contribution in [-0.2, 0) is 11.2 Å². The van der Waals surface area contributed by atoms with Crippen LogP contribution < -0.4 is 9.47 Å². The van der Waals surface area contributed by atoms with E-state index in [-0.39, 0.29) is 6.42 Å². The molecule has 1 fully saturated rings. The molecule has 1 N–H and O–H groups in total. The van der Waals surface area contributed by atoms with Crippen LogP contribution in [0, 0.1) is 0 Å². The standard InChI is InChI=1S/C26H29NO4/c1-27-16-6-11-22(27)21-13-14-23(30-2)25(26(21)31-3)20-10-5-8-18-17(12-15-24(28)29)7-4-9-19(18)20/h4-5,7-10,13-14,22H,6,11-12,15-16H2,1-3H3,(H,28,29). The zero-order valence-electron chi connectivity index (χ0n) is 18.4. The van der Waals surface area contributed by atoms with Gasteiger partial charge in [0.2, 0.25) is 0 Å². The van der Waals surface area contributed by atoms with Gasteiger partial charge in [0.15, 0.2) is 0 Å². The van der Waals surface area contributed by atoms with Crippen molar-refractivity contribution in [3.8, 4) is 22.6 Å². The average molecular weight is 420 g/mol. The van der Waals surface area contributed by atoms with Crippen molar-refractivity contribution in [2.75, 3.05) is 27.8 Å². The first kappa shape index (κ1) is 21.2.